The van der Waals surface area contributed by atoms with Crippen molar-refractivity contribution >= 4 is 23.2 Å². The van der Waals surface area contributed by atoms with Gasteiger partial charge in [-0.1, -0.05) is 6.07 Å². The van der Waals surface area contributed by atoms with Gasteiger partial charge in [-0.3, -0.25) is 9.59 Å². The van der Waals surface area contributed by atoms with Gasteiger partial charge in [0.1, 0.15) is 0 Å². The lowest BCUT2D eigenvalue weighted by Crippen LogP contribution is -2.35. The summed E-state index contributed by atoms with van der Waals surface area (Å²) in [5.41, 5.74) is 2.95. The SMILES string of the molecule is CCN(CC)c1ccc(NC(=O)c2cccc(C(=O)N3CCCCC3)c2)cc1. The van der Waals surface area contributed by atoms with Gasteiger partial charge in [-0.2, -0.15) is 0 Å². The molecular formula is C23H29N3O2. The maximum absolute atomic E-state index is 12.7. The highest BCUT2D eigenvalue weighted by atomic mass is 16.2. The fourth-order valence-corrected chi connectivity index (χ4v) is 3.62. The number of piperidine rings is 1. The molecule has 1 heterocycles. The second-order valence-electron chi connectivity index (χ2n) is 7.11. The van der Waals surface area contributed by atoms with Crippen molar-refractivity contribution in [3.05, 3.63) is 59.7 Å². The van der Waals surface area contributed by atoms with Crippen LogP contribution in [-0.4, -0.2) is 42.9 Å². The third-order valence-electron chi connectivity index (χ3n) is 5.27. The quantitative estimate of drug-likeness (QED) is 0.809. The van der Waals surface area contributed by atoms with Crippen molar-refractivity contribution in [3.8, 4) is 0 Å². The van der Waals surface area contributed by atoms with Gasteiger partial charge in [-0.15, -0.1) is 0 Å². The number of benzene rings is 2. The van der Waals surface area contributed by atoms with E-state index in [9.17, 15) is 9.59 Å². The summed E-state index contributed by atoms with van der Waals surface area (Å²) in [6.07, 6.45) is 3.28. The first-order chi connectivity index (χ1) is 13.6. The zero-order valence-electron chi connectivity index (χ0n) is 16.8. The fourth-order valence-electron chi connectivity index (χ4n) is 3.62. The molecule has 0 aromatic heterocycles. The number of carbonyl (C=O) groups excluding carboxylic acids is 2. The molecule has 28 heavy (non-hydrogen) atoms. The molecule has 0 aliphatic carbocycles. The Labute approximate surface area is 167 Å². The zero-order chi connectivity index (χ0) is 19.9. The largest absolute Gasteiger partial charge is 0.372 e. The molecule has 1 saturated heterocycles. The minimum Gasteiger partial charge on any atom is -0.372 e. The number of nitrogens with zero attached hydrogens (tertiary/aromatic N) is 2. The Balaban J connectivity index is 1.68. The molecule has 2 aromatic rings. The first-order valence-electron chi connectivity index (χ1n) is 10.2. The summed E-state index contributed by atoms with van der Waals surface area (Å²) in [5.74, 6) is -0.193. The molecule has 3 rings (SSSR count). The third kappa shape index (κ3) is 4.71. The van der Waals surface area contributed by atoms with Crippen LogP contribution < -0.4 is 10.2 Å². The van der Waals surface area contributed by atoms with Gasteiger partial charge in [0.2, 0.25) is 0 Å². The Morgan fingerprint density at radius 1 is 0.929 bits per heavy atom. The molecular weight excluding hydrogens is 350 g/mol. The molecule has 0 saturated carbocycles. The molecule has 0 spiro atoms. The molecule has 0 bridgehead atoms. The van der Waals surface area contributed by atoms with Gasteiger partial charge in [0.15, 0.2) is 0 Å². The standard InChI is InChI=1S/C23H29N3O2/c1-3-25(4-2)21-13-11-20(12-14-21)24-22(27)18-9-8-10-19(17-18)23(28)26-15-6-5-7-16-26/h8-14,17H,3-7,15-16H2,1-2H3,(H,24,27). The summed E-state index contributed by atoms with van der Waals surface area (Å²) in [5, 5.41) is 2.92. The van der Waals surface area contributed by atoms with Crippen LogP contribution in [0, 0.1) is 0 Å². The Morgan fingerprint density at radius 3 is 2.21 bits per heavy atom. The zero-order valence-corrected chi connectivity index (χ0v) is 16.8. The van der Waals surface area contributed by atoms with Crippen molar-refractivity contribution in [1.82, 2.24) is 4.90 Å². The van der Waals surface area contributed by atoms with Gasteiger partial charge in [0.25, 0.3) is 11.8 Å². The molecule has 148 valence electrons. The first kappa shape index (κ1) is 19.9. The lowest BCUT2D eigenvalue weighted by atomic mass is 10.1. The Hall–Kier alpha value is -2.82. The van der Waals surface area contributed by atoms with Crippen LogP contribution >= 0.6 is 0 Å². The van der Waals surface area contributed by atoms with Crippen LogP contribution in [-0.2, 0) is 0 Å². The summed E-state index contributed by atoms with van der Waals surface area (Å²) in [7, 11) is 0. The van der Waals surface area contributed by atoms with Crippen molar-refractivity contribution < 1.29 is 9.59 Å². The maximum Gasteiger partial charge on any atom is 0.255 e. The number of amides is 2. The number of hydrogen-bond acceptors (Lipinski definition) is 3. The molecule has 2 amide bonds. The van der Waals surface area contributed by atoms with E-state index in [0.717, 1.165) is 50.4 Å². The van der Waals surface area contributed by atoms with Crippen molar-refractivity contribution in [2.45, 2.75) is 33.1 Å². The van der Waals surface area contributed by atoms with Gasteiger partial charge in [-0.05, 0) is 75.6 Å². The van der Waals surface area contributed by atoms with Gasteiger partial charge in [-0.25, -0.2) is 0 Å². The molecule has 1 N–H and O–H groups in total. The second kappa shape index (κ2) is 9.40. The van der Waals surface area contributed by atoms with Crippen LogP contribution in [0.3, 0.4) is 0 Å². The van der Waals surface area contributed by atoms with E-state index in [4.69, 9.17) is 0 Å². The van der Waals surface area contributed by atoms with Crippen molar-refractivity contribution in [2.75, 3.05) is 36.4 Å². The van der Waals surface area contributed by atoms with Crippen molar-refractivity contribution in [3.63, 3.8) is 0 Å². The van der Waals surface area contributed by atoms with E-state index in [1.807, 2.05) is 29.2 Å². The Bertz CT molecular complexity index is 807. The number of hydrogen-bond donors (Lipinski definition) is 1. The summed E-state index contributed by atoms with van der Waals surface area (Å²) in [6, 6.07) is 14.8. The van der Waals surface area contributed by atoms with Crippen LogP contribution in [0.1, 0.15) is 53.8 Å². The van der Waals surface area contributed by atoms with E-state index < -0.39 is 0 Å². The second-order valence-corrected chi connectivity index (χ2v) is 7.11. The van der Waals surface area contributed by atoms with Gasteiger partial charge < -0.3 is 15.1 Å². The van der Waals surface area contributed by atoms with Crippen LogP contribution in [0.4, 0.5) is 11.4 Å². The molecule has 1 fully saturated rings. The fraction of sp³-hybridized carbons (Fsp3) is 0.391. The van der Waals surface area contributed by atoms with E-state index in [1.54, 1.807) is 24.3 Å². The highest BCUT2D eigenvalue weighted by Gasteiger charge is 2.19. The van der Waals surface area contributed by atoms with Gasteiger partial charge >= 0.3 is 0 Å². The predicted molar refractivity (Wildman–Crippen MR) is 114 cm³/mol. The van der Waals surface area contributed by atoms with E-state index in [1.165, 1.54) is 6.42 Å². The van der Waals surface area contributed by atoms with Crippen LogP contribution in [0.15, 0.2) is 48.5 Å². The van der Waals surface area contributed by atoms with E-state index in [0.29, 0.717) is 11.1 Å². The van der Waals surface area contributed by atoms with E-state index >= 15 is 0 Å². The first-order valence-corrected chi connectivity index (χ1v) is 10.2. The molecule has 5 nitrogen and oxygen atoms in total. The molecule has 2 aromatic carbocycles. The number of carbonyl (C=O) groups is 2. The highest BCUT2D eigenvalue weighted by Crippen LogP contribution is 2.19. The lowest BCUT2D eigenvalue weighted by Gasteiger charge is -2.26. The maximum atomic E-state index is 12.7. The van der Waals surface area contributed by atoms with E-state index in [2.05, 4.69) is 24.1 Å². The Kier molecular flexibility index (Phi) is 6.69. The van der Waals surface area contributed by atoms with Gasteiger partial charge in [0.05, 0.1) is 0 Å². The molecule has 1 aliphatic rings. The third-order valence-corrected chi connectivity index (χ3v) is 5.27. The Morgan fingerprint density at radius 2 is 1.57 bits per heavy atom. The van der Waals surface area contributed by atoms with Gasteiger partial charge in [0, 0.05) is 48.7 Å². The van der Waals surface area contributed by atoms with Crippen LogP contribution in [0.25, 0.3) is 0 Å². The predicted octanol–water partition coefficient (Wildman–Crippen LogP) is 4.41. The summed E-state index contributed by atoms with van der Waals surface area (Å²) in [4.78, 5) is 29.5. The summed E-state index contributed by atoms with van der Waals surface area (Å²) in [6.45, 7) is 7.73. The van der Waals surface area contributed by atoms with Crippen molar-refractivity contribution in [1.29, 1.82) is 0 Å². The average Bonchev–Trinajstić information content (AvgIpc) is 2.76. The number of nitrogens with one attached hydrogen (secondary N) is 1. The highest BCUT2D eigenvalue weighted by molar-refractivity contribution is 6.06. The molecule has 0 unspecified atom stereocenters. The monoisotopic (exact) mass is 379 g/mol. The molecule has 5 heteroatoms. The average molecular weight is 380 g/mol. The number of likely N-dealkylation sites (tertiary alicyclic amines) is 1. The minimum atomic E-state index is -0.205. The van der Waals surface area contributed by atoms with Crippen LogP contribution in [0.5, 0.6) is 0 Å². The van der Waals surface area contributed by atoms with Crippen LogP contribution in [0.2, 0.25) is 0 Å². The smallest absolute Gasteiger partial charge is 0.255 e. The van der Waals surface area contributed by atoms with E-state index in [-0.39, 0.29) is 11.8 Å². The lowest BCUT2D eigenvalue weighted by molar-refractivity contribution is 0.0724. The topological polar surface area (TPSA) is 52.7 Å². The summed E-state index contributed by atoms with van der Waals surface area (Å²) < 4.78 is 0. The molecule has 0 atom stereocenters. The summed E-state index contributed by atoms with van der Waals surface area (Å²) >= 11 is 0. The van der Waals surface area contributed by atoms with Crippen molar-refractivity contribution in [2.24, 2.45) is 0 Å². The molecule has 1 aliphatic heterocycles. The number of anilines is 2. The number of rotatable bonds is 6. The normalized spacial score (nSPS) is 13.9. The molecule has 0 radical (unpaired) electrons. The minimum absolute atomic E-state index is 0.0120.